The summed E-state index contributed by atoms with van der Waals surface area (Å²) in [7, 11) is 0. The first-order valence-corrected chi connectivity index (χ1v) is 6.99. The van der Waals surface area contributed by atoms with E-state index < -0.39 is 0 Å². The molecule has 0 saturated heterocycles. The van der Waals surface area contributed by atoms with Crippen molar-refractivity contribution >= 4 is 17.4 Å². The minimum Gasteiger partial charge on any atom is -0.330 e. The highest BCUT2D eigenvalue weighted by Crippen LogP contribution is 2.33. The van der Waals surface area contributed by atoms with Gasteiger partial charge in [0.05, 0.1) is 11.6 Å². The number of carbonyl (C=O) groups excluding carboxylic acids is 1. The monoisotopic (exact) mass is 274 g/mol. The minimum absolute atomic E-state index is 0.00192. The fourth-order valence-electron chi connectivity index (χ4n) is 2.39. The highest BCUT2D eigenvalue weighted by Gasteiger charge is 2.41. The van der Waals surface area contributed by atoms with E-state index in [1.54, 1.807) is 12.3 Å². The van der Waals surface area contributed by atoms with Crippen LogP contribution in [-0.4, -0.2) is 23.1 Å². The van der Waals surface area contributed by atoms with E-state index in [9.17, 15) is 4.79 Å². The molecule has 1 aliphatic heterocycles. The number of nitrogens with two attached hydrogens (primary N) is 1. The molecule has 2 heterocycles. The van der Waals surface area contributed by atoms with Gasteiger partial charge in [0.2, 0.25) is 0 Å². The Kier molecular flexibility index (Phi) is 4.18. The van der Waals surface area contributed by atoms with Gasteiger partial charge in [0, 0.05) is 11.6 Å². The van der Waals surface area contributed by atoms with Gasteiger partial charge in [-0.2, -0.15) is 10.1 Å². The maximum Gasteiger partial charge on any atom is 0.257 e. The normalized spacial score (nSPS) is 19.4. The number of hydrazone groups is 1. The van der Waals surface area contributed by atoms with Crippen molar-refractivity contribution in [3.63, 3.8) is 0 Å². The molecular weight excluding hydrogens is 252 g/mol. The number of rotatable bonds is 4. The Bertz CT molecular complexity index is 504. The first-order chi connectivity index (χ1) is 9.45. The average molecular weight is 274 g/mol. The van der Waals surface area contributed by atoms with Crippen LogP contribution in [0.3, 0.4) is 0 Å². The summed E-state index contributed by atoms with van der Waals surface area (Å²) >= 11 is 0. The molecule has 0 aromatic carbocycles. The lowest BCUT2D eigenvalue weighted by atomic mass is 9.80. The first-order valence-electron chi connectivity index (χ1n) is 6.99. The molecule has 1 atom stereocenters. The van der Waals surface area contributed by atoms with Gasteiger partial charge in [0.15, 0.2) is 5.82 Å². The molecular formula is C15H22N4O. The average Bonchev–Trinajstić information content (AvgIpc) is 2.74. The molecule has 1 aromatic heterocycles. The zero-order valence-electron chi connectivity index (χ0n) is 12.3. The zero-order valence-corrected chi connectivity index (χ0v) is 12.3. The summed E-state index contributed by atoms with van der Waals surface area (Å²) in [6, 6.07) is 5.48. The molecule has 20 heavy (non-hydrogen) atoms. The van der Waals surface area contributed by atoms with Crippen molar-refractivity contribution in [2.75, 3.05) is 11.6 Å². The van der Waals surface area contributed by atoms with Gasteiger partial charge in [-0.25, -0.2) is 4.98 Å². The van der Waals surface area contributed by atoms with Gasteiger partial charge >= 0.3 is 0 Å². The van der Waals surface area contributed by atoms with Crippen LogP contribution in [0.2, 0.25) is 0 Å². The van der Waals surface area contributed by atoms with Crippen molar-refractivity contribution in [3.8, 4) is 0 Å². The topological polar surface area (TPSA) is 71.6 Å². The molecule has 5 nitrogen and oxygen atoms in total. The Labute approximate surface area is 119 Å². The second-order valence-electron chi connectivity index (χ2n) is 6.06. The molecule has 108 valence electrons. The molecule has 0 saturated carbocycles. The fraction of sp³-hybridized carbons (Fsp3) is 0.533. The van der Waals surface area contributed by atoms with E-state index in [1.165, 1.54) is 5.01 Å². The van der Waals surface area contributed by atoms with Crippen molar-refractivity contribution < 1.29 is 4.79 Å². The van der Waals surface area contributed by atoms with Gasteiger partial charge in [0.25, 0.3) is 5.91 Å². The number of hydrogen-bond acceptors (Lipinski definition) is 4. The van der Waals surface area contributed by atoms with Gasteiger partial charge in [-0.3, -0.25) is 4.79 Å². The number of pyridine rings is 1. The van der Waals surface area contributed by atoms with Gasteiger partial charge < -0.3 is 5.73 Å². The molecule has 1 unspecified atom stereocenters. The van der Waals surface area contributed by atoms with Gasteiger partial charge in [0.1, 0.15) is 0 Å². The smallest absolute Gasteiger partial charge is 0.257 e. The van der Waals surface area contributed by atoms with Crippen LogP contribution in [0.15, 0.2) is 29.5 Å². The van der Waals surface area contributed by atoms with E-state index in [2.05, 4.69) is 30.9 Å². The lowest BCUT2D eigenvalue weighted by Gasteiger charge is -2.22. The standard InChI is InChI=1S/C15H22N4O/c1-15(2,3)13-11(7-6-9-16)14(20)19(18-13)12-8-4-5-10-17-12/h4-5,8,10-11H,6-7,9,16H2,1-3H3. The molecule has 0 fully saturated rings. The summed E-state index contributed by atoms with van der Waals surface area (Å²) in [6.07, 6.45) is 3.23. The maximum absolute atomic E-state index is 12.6. The van der Waals surface area contributed by atoms with Gasteiger partial charge in [-0.1, -0.05) is 26.8 Å². The quantitative estimate of drug-likeness (QED) is 0.914. The fourth-order valence-corrected chi connectivity index (χ4v) is 2.39. The summed E-state index contributed by atoms with van der Waals surface area (Å²) in [5.41, 5.74) is 6.35. The van der Waals surface area contributed by atoms with Crippen molar-refractivity contribution in [3.05, 3.63) is 24.4 Å². The first kappa shape index (κ1) is 14.7. The van der Waals surface area contributed by atoms with Crippen LogP contribution in [0.25, 0.3) is 0 Å². The third-order valence-corrected chi connectivity index (χ3v) is 3.38. The molecule has 2 N–H and O–H groups in total. The largest absolute Gasteiger partial charge is 0.330 e. The Balaban J connectivity index is 2.33. The number of anilines is 1. The summed E-state index contributed by atoms with van der Waals surface area (Å²) in [5, 5.41) is 5.97. The van der Waals surface area contributed by atoms with Crippen LogP contribution in [0, 0.1) is 11.3 Å². The molecule has 1 aromatic rings. The van der Waals surface area contributed by atoms with Crippen LogP contribution in [0.1, 0.15) is 33.6 Å². The van der Waals surface area contributed by atoms with Crippen LogP contribution < -0.4 is 10.7 Å². The number of amides is 1. The Hall–Kier alpha value is -1.75. The van der Waals surface area contributed by atoms with E-state index in [1.807, 2.05) is 12.1 Å². The molecule has 0 spiro atoms. The third-order valence-electron chi connectivity index (χ3n) is 3.38. The van der Waals surface area contributed by atoms with Crippen LogP contribution in [0.4, 0.5) is 5.82 Å². The SMILES string of the molecule is CC(C)(C)C1=NN(c2ccccn2)C(=O)C1CCCN. The third kappa shape index (κ3) is 2.88. The summed E-state index contributed by atoms with van der Waals surface area (Å²) in [6.45, 7) is 6.83. The Morgan fingerprint density at radius 1 is 1.35 bits per heavy atom. The van der Waals surface area contributed by atoms with E-state index in [0.29, 0.717) is 12.4 Å². The second-order valence-corrected chi connectivity index (χ2v) is 6.06. The Morgan fingerprint density at radius 3 is 2.65 bits per heavy atom. The number of hydrogen-bond donors (Lipinski definition) is 1. The lowest BCUT2D eigenvalue weighted by Crippen LogP contribution is -2.32. The minimum atomic E-state index is -0.180. The van der Waals surface area contributed by atoms with E-state index in [4.69, 9.17) is 5.73 Å². The van der Waals surface area contributed by atoms with Crippen molar-refractivity contribution in [1.82, 2.24) is 4.98 Å². The Morgan fingerprint density at radius 2 is 2.10 bits per heavy atom. The lowest BCUT2D eigenvalue weighted by molar-refractivity contribution is -0.120. The second kappa shape index (κ2) is 5.71. The highest BCUT2D eigenvalue weighted by molar-refractivity contribution is 6.16. The van der Waals surface area contributed by atoms with Crippen molar-refractivity contribution in [2.45, 2.75) is 33.6 Å². The number of carbonyl (C=O) groups is 1. The van der Waals surface area contributed by atoms with E-state index in [-0.39, 0.29) is 17.2 Å². The number of nitrogens with zero attached hydrogens (tertiary/aromatic N) is 3. The highest BCUT2D eigenvalue weighted by atomic mass is 16.2. The summed E-state index contributed by atoms with van der Waals surface area (Å²) in [4.78, 5) is 16.8. The van der Waals surface area contributed by atoms with Crippen LogP contribution in [0.5, 0.6) is 0 Å². The number of aromatic nitrogens is 1. The molecule has 1 amide bonds. The molecule has 0 aliphatic carbocycles. The van der Waals surface area contributed by atoms with Crippen LogP contribution >= 0.6 is 0 Å². The van der Waals surface area contributed by atoms with Crippen molar-refractivity contribution in [1.29, 1.82) is 0 Å². The van der Waals surface area contributed by atoms with E-state index >= 15 is 0 Å². The maximum atomic E-state index is 12.6. The predicted octanol–water partition coefficient (Wildman–Crippen LogP) is 2.19. The molecule has 5 heteroatoms. The predicted molar refractivity (Wildman–Crippen MR) is 80.4 cm³/mol. The molecule has 2 rings (SSSR count). The molecule has 1 aliphatic rings. The van der Waals surface area contributed by atoms with E-state index in [0.717, 1.165) is 18.6 Å². The van der Waals surface area contributed by atoms with Gasteiger partial charge in [-0.15, -0.1) is 0 Å². The van der Waals surface area contributed by atoms with Crippen LogP contribution in [-0.2, 0) is 4.79 Å². The zero-order chi connectivity index (χ0) is 14.8. The summed E-state index contributed by atoms with van der Waals surface area (Å²) < 4.78 is 0. The summed E-state index contributed by atoms with van der Waals surface area (Å²) in [5.74, 6) is 0.400. The molecule has 0 bridgehead atoms. The van der Waals surface area contributed by atoms with Gasteiger partial charge in [-0.05, 0) is 31.5 Å². The van der Waals surface area contributed by atoms with Crippen molar-refractivity contribution in [2.24, 2.45) is 22.2 Å². The molecule has 0 radical (unpaired) electrons.